The Bertz CT molecular complexity index is 490. The monoisotopic (exact) mass is 420 g/mol. The zero-order valence-corrected chi connectivity index (χ0v) is 20.5. The number of hydrogen-bond donors (Lipinski definition) is 0. The van der Waals surface area contributed by atoms with Crippen LogP contribution in [0.25, 0.3) is 0 Å². The highest BCUT2D eigenvalue weighted by molar-refractivity contribution is 5.26. The molecular formula is C27H48O3. The molecule has 1 aromatic rings. The lowest BCUT2D eigenvalue weighted by Gasteiger charge is -2.40. The van der Waals surface area contributed by atoms with Gasteiger partial charge in [0, 0.05) is 0 Å². The number of rotatable bonds is 19. The summed E-state index contributed by atoms with van der Waals surface area (Å²) in [7, 11) is 0. The lowest BCUT2D eigenvalue weighted by molar-refractivity contribution is -0.392. The molecule has 0 fully saturated rings. The van der Waals surface area contributed by atoms with E-state index in [1.807, 2.05) is 0 Å². The second kappa shape index (κ2) is 16.8. The third-order valence-electron chi connectivity index (χ3n) is 5.59. The van der Waals surface area contributed by atoms with Crippen molar-refractivity contribution in [3.05, 3.63) is 35.4 Å². The fourth-order valence-corrected chi connectivity index (χ4v) is 3.82. The first-order valence-corrected chi connectivity index (χ1v) is 12.7. The van der Waals surface area contributed by atoms with E-state index in [0.717, 1.165) is 32.1 Å². The van der Waals surface area contributed by atoms with Gasteiger partial charge in [-0.2, -0.15) is 0 Å². The van der Waals surface area contributed by atoms with E-state index in [0.29, 0.717) is 19.8 Å². The molecule has 0 N–H and O–H groups in total. The highest BCUT2D eigenvalue weighted by atomic mass is 16.9. The van der Waals surface area contributed by atoms with E-state index in [1.54, 1.807) is 0 Å². The Morgan fingerprint density at radius 1 is 0.633 bits per heavy atom. The molecule has 1 unspecified atom stereocenters. The third-order valence-corrected chi connectivity index (χ3v) is 5.59. The zero-order valence-electron chi connectivity index (χ0n) is 20.5. The van der Waals surface area contributed by atoms with E-state index in [2.05, 4.69) is 58.9 Å². The minimum absolute atomic E-state index is 0.0826. The molecule has 0 aliphatic heterocycles. The summed E-state index contributed by atoms with van der Waals surface area (Å²) in [5.74, 6) is -0.904. The van der Waals surface area contributed by atoms with Gasteiger partial charge in [0.15, 0.2) is 0 Å². The SMILES string of the molecule is CCCCCCCCC(c1ccc(CC)cc1)C(OCCC)(OCCC)OCCC. The molecule has 0 heterocycles. The molecule has 30 heavy (non-hydrogen) atoms. The summed E-state index contributed by atoms with van der Waals surface area (Å²) >= 11 is 0. The predicted molar refractivity (Wildman–Crippen MR) is 128 cm³/mol. The number of ether oxygens (including phenoxy) is 3. The summed E-state index contributed by atoms with van der Waals surface area (Å²) in [5.41, 5.74) is 2.63. The van der Waals surface area contributed by atoms with Crippen molar-refractivity contribution in [2.75, 3.05) is 19.8 Å². The maximum atomic E-state index is 6.41. The third kappa shape index (κ3) is 9.49. The second-order valence-electron chi connectivity index (χ2n) is 8.35. The standard InChI is InChI=1S/C27H48O3/c1-6-11-12-13-14-15-16-26(25-19-17-24(10-5)18-20-25)27(28-21-7-2,29-22-8-3)30-23-9-4/h17-20,26H,6-16,21-23H2,1-5H3. The highest BCUT2D eigenvalue weighted by Gasteiger charge is 2.43. The van der Waals surface area contributed by atoms with Crippen LogP contribution >= 0.6 is 0 Å². The van der Waals surface area contributed by atoms with Gasteiger partial charge in [0.1, 0.15) is 0 Å². The second-order valence-corrected chi connectivity index (χ2v) is 8.35. The molecule has 3 nitrogen and oxygen atoms in total. The van der Waals surface area contributed by atoms with Crippen molar-refractivity contribution in [2.45, 2.75) is 117 Å². The van der Waals surface area contributed by atoms with Gasteiger partial charge in [-0.15, -0.1) is 0 Å². The first-order chi connectivity index (χ1) is 14.7. The maximum absolute atomic E-state index is 6.41. The van der Waals surface area contributed by atoms with Gasteiger partial charge >= 0.3 is 0 Å². The normalized spacial score (nSPS) is 13.0. The number of hydrogen-bond acceptors (Lipinski definition) is 3. The molecule has 0 spiro atoms. The molecule has 0 aromatic heterocycles. The summed E-state index contributed by atoms with van der Waals surface area (Å²) < 4.78 is 19.2. The van der Waals surface area contributed by atoms with E-state index in [9.17, 15) is 0 Å². The molecule has 0 aliphatic rings. The molecule has 0 radical (unpaired) electrons. The Hall–Kier alpha value is -0.900. The predicted octanol–water partition coefficient (Wildman–Crippen LogP) is 8.02. The Balaban J connectivity index is 3.12. The molecule has 1 atom stereocenters. The van der Waals surface area contributed by atoms with Crippen LogP contribution in [0.15, 0.2) is 24.3 Å². The fourth-order valence-electron chi connectivity index (χ4n) is 3.82. The van der Waals surface area contributed by atoms with Gasteiger partial charge in [0.2, 0.25) is 0 Å². The van der Waals surface area contributed by atoms with Gasteiger partial charge in [0.05, 0.1) is 25.7 Å². The van der Waals surface area contributed by atoms with Crippen molar-refractivity contribution in [1.29, 1.82) is 0 Å². The van der Waals surface area contributed by atoms with Crippen LogP contribution in [0, 0.1) is 0 Å². The van der Waals surface area contributed by atoms with Crippen molar-refractivity contribution in [2.24, 2.45) is 0 Å². The van der Waals surface area contributed by atoms with Crippen molar-refractivity contribution in [3.8, 4) is 0 Å². The summed E-state index contributed by atoms with van der Waals surface area (Å²) in [6, 6.07) is 9.01. The van der Waals surface area contributed by atoms with Crippen molar-refractivity contribution in [1.82, 2.24) is 0 Å². The van der Waals surface area contributed by atoms with E-state index in [4.69, 9.17) is 14.2 Å². The summed E-state index contributed by atoms with van der Waals surface area (Å²) in [6.07, 6.45) is 12.6. The fraction of sp³-hybridized carbons (Fsp3) is 0.778. The van der Waals surface area contributed by atoms with E-state index >= 15 is 0 Å². The number of aryl methyl sites for hydroxylation is 1. The topological polar surface area (TPSA) is 27.7 Å². The van der Waals surface area contributed by atoms with Gasteiger partial charge in [-0.25, -0.2) is 0 Å². The van der Waals surface area contributed by atoms with Crippen LogP contribution in [-0.4, -0.2) is 25.8 Å². The van der Waals surface area contributed by atoms with Gasteiger partial charge in [-0.3, -0.25) is 0 Å². The van der Waals surface area contributed by atoms with Crippen molar-refractivity contribution >= 4 is 0 Å². The van der Waals surface area contributed by atoms with Crippen LogP contribution < -0.4 is 0 Å². The van der Waals surface area contributed by atoms with Gasteiger partial charge in [-0.1, -0.05) is 97.4 Å². The van der Waals surface area contributed by atoms with Crippen LogP contribution in [0.2, 0.25) is 0 Å². The molecule has 0 bridgehead atoms. The summed E-state index contributed by atoms with van der Waals surface area (Å²) in [5, 5.41) is 0. The highest BCUT2D eigenvalue weighted by Crippen LogP contribution is 2.39. The van der Waals surface area contributed by atoms with Gasteiger partial charge < -0.3 is 14.2 Å². The van der Waals surface area contributed by atoms with Gasteiger partial charge in [-0.05, 0) is 43.2 Å². The molecule has 0 amide bonds. The van der Waals surface area contributed by atoms with E-state index in [-0.39, 0.29) is 5.92 Å². The van der Waals surface area contributed by atoms with Crippen molar-refractivity contribution in [3.63, 3.8) is 0 Å². The molecule has 3 heteroatoms. The minimum Gasteiger partial charge on any atom is -0.327 e. The van der Waals surface area contributed by atoms with Crippen LogP contribution in [0.5, 0.6) is 0 Å². The smallest absolute Gasteiger partial charge is 0.290 e. The lowest BCUT2D eigenvalue weighted by atomic mass is 9.89. The van der Waals surface area contributed by atoms with Crippen LogP contribution in [-0.2, 0) is 20.6 Å². The average molecular weight is 421 g/mol. The molecule has 0 saturated carbocycles. The number of benzene rings is 1. The zero-order chi connectivity index (χ0) is 22.1. The average Bonchev–Trinajstić information content (AvgIpc) is 2.79. The van der Waals surface area contributed by atoms with E-state index < -0.39 is 5.97 Å². The molecular weight excluding hydrogens is 372 g/mol. The van der Waals surface area contributed by atoms with Crippen LogP contribution in [0.4, 0.5) is 0 Å². The Morgan fingerprint density at radius 3 is 1.60 bits per heavy atom. The Morgan fingerprint density at radius 2 is 1.13 bits per heavy atom. The lowest BCUT2D eigenvalue weighted by Crippen LogP contribution is -2.46. The molecule has 174 valence electrons. The van der Waals surface area contributed by atoms with E-state index in [1.165, 1.54) is 49.7 Å². The molecule has 1 aromatic carbocycles. The summed E-state index contributed by atoms with van der Waals surface area (Å²) in [6.45, 7) is 12.8. The molecule has 0 aliphatic carbocycles. The minimum atomic E-state index is -0.987. The van der Waals surface area contributed by atoms with Crippen LogP contribution in [0.1, 0.15) is 116 Å². The quantitative estimate of drug-likeness (QED) is 0.167. The van der Waals surface area contributed by atoms with Gasteiger partial charge in [0.25, 0.3) is 5.97 Å². The Labute approximate surface area is 186 Å². The number of unbranched alkanes of at least 4 members (excludes halogenated alkanes) is 5. The first-order valence-electron chi connectivity index (χ1n) is 12.7. The van der Waals surface area contributed by atoms with Crippen molar-refractivity contribution < 1.29 is 14.2 Å². The first kappa shape index (κ1) is 27.1. The van der Waals surface area contributed by atoms with Crippen LogP contribution in [0.3, 0.4) is 0 Å². The molecule has 1 rings (SSSR count). The molecule has 0 saturated heterocycles. The Kier molecular flexibility index (Phi) is 15.2. The summed E-state index contributed by atoms with van der Waals surface area (Å²) in [4.78, 5) is 0. The maximum Gasteiger partial charge on any atom is 0.290 e. The largest absolute Gasteiger partial charge is 0.327 e.